The van der Waals surface area contributed by atoms with Gasteiger partial charge in [0.15, 0.2) is 29.0 Å². The number of nitrogens with one attached hydrogen (secondary N) is 3. The molecule has 134 heavy (non-hydrogen) atoms. The number of nitrogens with zero attached hydrogens (tertiary/aromatic N) is 17. The van der Waals surface area contributed by atoms with Crippen LogP contribution in [0.25, 0.3) is 33.8 Å². The van der Waals surface area contributed by atoms with E-state index in [1.165, 1.54) is 52.4 Å². The fourth-order valence-corrected chi connectivity index (χ4v) is 17.1. The number of Topliss-reactive ketones (excluding diaryl/α,β-unsaturated/α-hetero) is 3. The zero-order chi connectivity index (χ0) is 97.8. The number of anilines is 5. The van der Waals surface area contributed by atoms with Gasteiger partial charge in [0.05, 0.1) is 76.9 Å². The van der Waals surface area contributed by atoms with E-state index in [1.807, 2.05) is 87.3 Å². The number of fused-ring (bicyclic) bond motifs is 3. The molecule has 3 aromatic carbocycles. The van der Waals surface area contributed by atoms with E-state index < -0.39 is 23.7 Å². The number of aromatic nitrogens is 15. The van der Waals surface area contributed by atoms with Gasteiger partial charge in [-0.25, -0.2) is 54.4 Å². The highest BCUT2D eigenvalue weighted by molar-refractivity contribution is 7.79. The van der Waals surface area contributed by atoms with Crippen LogP contribution in [0, 0.1) is 20.8 Å². The topological polar surface area (TPSA) is 359 Å². The Kier molecular flexibility index (Phi) is 36.0. The number of hydrogen-bond donors (Lipinski definition) is 5. The summed E-state index contributed by atoms with van der Waals surface area (Å²) in [6.45, 7) is 42.9. The van der Waals surface area contributed by atoms with Gasteiger partial charge in [-0.05, 0) is 165 Å². The summed E-state index contributed by atoms with van der Waals surface area (Å²) in [7, 11) is 0. The summed E-state index contributed by atoms with van der Waals surface area (Å²) in [5.41, 5.74) is 19.8. The van der Waals surface area contributed by atoms with Crippen molar-refractivity contribution in [2.24, 2.45) is 0 Å². The number of thiazole rings is 3. The fourth-order valence-electron chi connectivity index (χ4n) is 14.1. The summed E-state index contributed by atoms with van der Waals surface area (Å²) in [6.07, 6.45) is 11.3. The molecule has 12 aromatic rings. The molecular formula is C97H121ClF3N21O8S4. The van der Waals surface area contributed by atoms with Crippen molar-refractivity contribution in [3.05, 3.63) is 214 Å². The van der Waals surface area contributed by atoms with E-state index >= 15 is 0 Å². The van der Waals surface area contributed by atoms with Crippen molar-refractivity contribution >= 4 is 123 Å². The molecule has 0 aliphatic carbocycles. The molecule has 5 N–H and O–H groups in total. The molecule has 0 atom stereocenters. The largest absolute Gasteiger partial charge is 0.446 e. The summed E-state index contributed by atoms with van der Waals surface area (Å²) in [6, 6.07) is 30.0. The Morgan fingerprint density at radius 1 is 0.463 bits per heavy atom. The maximum absolute atomic E-state index is 12.8. The third-order valence-corrected chi connectivity index (χ3v) is 25.5. The lowest BCUT2D eigenvalue weighted by molar-refractivity contribution is -0.156. The highest BCUT2D eigenvalue weighted by atomic mass is 35.5. The van der Waals surface area contributed by atoms with Gasteiger partial charge in [-0.3, -0.25) is 33.2 Å². The molecule has 12 heterocycles. The van der Waals surface area contributed by atoms with Crippen LogP contribution in [-0.2, 0) is 89.0 Å². The van der Waals surface area contributed by atoms with Crippen LogP contribution < -0.4 is 21.7 Å². The third kappa shape index (κ3) is 31.3. The molecule has 3 aliphatic heterocycles. The number of rotatable bonds is 19. The number of halogens is 4. The highest BCUT2D eigenvalue weighted by Gasteiger charge is 2.31. The number of nitrogen functional groups attached to an aromatic ring is 1. The molecule has 0 fully saturated rings. The average molecular weight is 1930 g/mol. The van der Waals surface area contributed by atoms with E-state index in [1.54, 1.807) is 47.0 Å². The van der Waals surface area contributed by atoms with Crippen LogP contribution in [0.5, 0.6) is 0 Å². The van der Waals surface area contributed by atoms with Crippen molar-refractivity contribution in [3.8, 4) is 33.8 Å². The predicted octanol–water partition coefficient (Wildman–Crippen LogP) is 21.1. The Hall–Kier alpha value is -11.6. The molecule has 2 amide bonds. The highest BCUT2D eigenvalue weighted by Crippen LogP contribution is 2.35. The van der Waals surface area contributed by atoms with Crippen LogP contribution in [0.3, 0.4) is 0 Å². The molecule has 15 rings (SSSR count). The van der Waals surface area contributed by atoms with Crippen molar-refractivity contribution in [1.82, 2.24) is 89.3 Å². The molecule has 0 saturated carbocycles. The maximum atomic E-state index is 12.8. The summed E-state index contributed by atoms with van der Waals surface area (Å²) < 4.78 is 48.1. The monoisotopic (exact) mass is 1930 g/mol. The molecular weight excluding hydrogens is 1810 g/mol. The summed E-state index contributed by atoms with van der Waals surface area (Å²) in [5.74, 6) is 3.69. The van der Waals surface area contributed by atoms with Gasteiger partial charge in [0.2, 0.25) is 6.29 Å². The van der Waals surface area contributed by atoms with E-state index in [-0.39, 0.29) is 45.8 Å². The SMILES string of the molecule is CC(C)(C)OC(=O)N1CCCn2nc(N)cc2C1.CS.Cc1cc(-c2cc(Cl)ncn2)ccc1CCC(=O)c1cnc(C(C)(C)C)s1.Cc1cc(-c2cc(Nc3cc4n(n3)CCCN(C(=O)OC(C)(C)C)C4)ncn2)ccc1CCC(=O)c1cnc(C(C)(C)C)s1.Cc1cc(-c2cc(Nc3cc4n(n3)CCCNC4)ncn2)ccc1CCC(=O)c1cnc(C(C)(C)C)s1.O=CC(F)(F)F. The second-order valence-corrected chi connectivity index (χ2v) is 41.0. The Balaban J connectivity index is 0.000000187. The van der Waals surface area contributed by atoms with E-state index in [0.29, 0.717) is 99.7 Å². The van der Waals surface area contributed by atoms with Crippen LogP contribution in [0.4, 0.5) is 51.8 Å². The molecule has 9 aromatic heterocycles. The van der Waals surface area contributed by atoms with Gasteiger partial charge in [-0.15, -0.1) is 34.0 Å². The standard InChI is InChI=1S/C33H41N7O3S.C28H33N7OS.C21H22ClN3OS.C12H20N4O2.C2HF3O.CH4S/c1-21-15-23(10-9-22(21)11-12-26(41)27-18-34-30(44-27)32(2,3)4)25-17-28(36-20-35-25)37-29-16-24-19-39(13-8-14-40(24)38-29)31(42)43-33(5,6)7;1-18-12-20(7-6-19(18)8-9-23(36)24-16-30-27(37-24)28(2,3)4)22-14-25(32-17-31-22)33-26-13-21-15-29-10-5-11-35(21)34-26;1-13-9-15(16-10-19(22)25-12-24-16)6-5-14(13)7-8-17(26)18-11-23-20(27-18)21(2,3)4;1-12(2,3)18-11(17)15-5-4-6-16-9(8-15)7-10(13)14-16;3-2(4,5)1-6;1-2/h9-10,15-18,20H,8,11-14,19H2,1-7H3,(H,35,36,37,38);6-7,12-14,16-17,29H,5,8-11,15H2,1-4H3,(H,31,32,33,34);5-6,9-12H,7-8H2,1-4H3;7H,4-6,8H2,1-3H3,(H2,13,14);1H;2H,1H3. The second kappa shape index (κ2) is 46.1. The number of thiol groups is 1. The quantitative estimate of drug-likeness (QED) is 0.0217. The molecule has 37 heteroatoms. The number of aldehydes is 1. The minimum atomic E-state index is -4.64. The number of aryl methyl sites for hydroxylation is 9. The minimum Gasteiger partial charge on any atom is -0.444 e. The number of ketones is 3. The number of ether oxygens (including phenoxy) is 2. The predicted molar refractivity (Wildman–Crippen MR) is 526 cm³/mol. The first-order valence-electron chi connectivity index (χ1n) is 44.2. The molecule has 0 unspecified atom stereocenters. The van der Waals surface area contributed by atoms with Gasteiger partial charge in [0.1, 0.15) is 52.8 Å². The van der Waals surface area contributed by atoms with Gasteiger partial charge >= 0.3 is 18.4 Å². The van der Waals surface area contributed by atoms with Crippen molar-refractivity contribution in [3.63, 3.8) is 0 Å². The van der Waals surface area contributed by atoms with Gasteiger partial charge in [-0.2, -0.15) is 41.1 Å². The molecule has 0 bridgehead atoms. The summed E-state index contributed by atoms with van der Waals surface area (Å²) >= 11 is 14.0. The number of carbonyl (C=O) groups excluding carboxylic acids is 6. The number of benzene rings is 3. The van der Waals surface area contributed by atoms with E-state index in [2.05, 4.69) is 220 Å². The molecule has 0 spiro atoms. The summed E-state index contributed by atoms with van der Waals surface area (Å²) in [4.78, 5) is 116. The maximum Gasteiger partial charge on any atom is 0.446 e. The van der Waals surface area contributed by atoms with Crippen LogP contribution >= 0.6 is 58.2 Å². The van der Waals surface area contributed by atoms with Gasteiger partial charge < -0.3 is 41.0 Å². The Bertz CT molecular complexity index is 6020. The van der Waals surface area contributed by atoms with Crippen molar-refractivity contribution < 1.29 is 51.4 Å². The molecule has 714 valence electrons. The Morgan fingerprint density at radius 2 is 0.813 bits per heavy atom. The lowest BCUT2D eigenvalue weighted by Gasteiger charge is -2.26. The number of carbonyl (C=O) groups is 6. The first-order valence-corrected chi connectivity index (χ1v) is 47.9. The van der Waals surface area contributed by atoms with Crippen molar-refractivity contribution in [2.75, 3.05) is 42.3 Å². The lowest BCUT2D eigenvalue weighted by Crippen LogP contribution is -2.36. The molecule has 3 aliphatic rings. The minimum absolute atomic E-state index is 0.0283. The van der Waals surface area contributed by atoms with E-state index in [0.717, 1.165) is 159 Å². The Morgan fingerprint density at radius 3 is 1.17 bits per heavy atom. The van der Waals surface area contributed by atoms with Crippen LogP contribution in [0.2, 0.25) is 5.15 Å². The van der Waals surface area contributed by atoms with E-state index in [9.17, 15) is 37.1 Å². The van der Waals surface area contributed by atoms with Gasteiger partial charge in [-0.1, -0.05) is 110 Å². The zero-order valence-corrected chi connectivity index (χ0v) is 83.7. The molecule has 0 radical (unpaired) electrons. The summed E-state index contributed by atoms with van der Waals surface area (Å²) in [5, 5.41) is 27.0. The van der Waals surface area contributed by atoms with E-state index in [4.69, 9.17) is 36.7 Å². The average Bonchev–Trinajstić information content (AvgIpc) is 1.70. The molecule has 29 nitrogen and oxygen atoms in total. The van der Waals surface area contributed by atoms with Gasteiger partial charge in [0.25, 0.3) is 0 Å². The second-order valence-electron chi connectivity index (χ2n) is 37.6. The van der Waals surface area contributed by atoms with Crippen molar-refractivity contribution in [1.29, 1.82) is 0 Å². The van der Waals surface area contributed by atoms with Crippen LogP contribution in [-0.4, -0.2) is 163 Å². The number of nitrogens with two attached hydrogens (primary N) is 1. The van der Waals surface area contributed by atoms with Crippen LogP contribution in [0.15, 0.2) is 129 Å². The third-order valence-electron chi connectivity index (χ3n) is 20.9. The number of alkyl halides is 3. The first-order chi connectivity index (χ1) is 63.2. The lowest BCUT2D eigenvalue weighted by atomic mass is 9.98. The van der Waals surface area contributed by atoms with Crippen molar-refractivity contribution in [2.45, 2.75) is 255 Å². The normalized spacial score (nSPS) is 13.3. The first kappa shape index (κ1) is 105. The smallest absolute Gasteiger partial charge is 0.444 e. The van der Waals surface area contributed by atoms with Gasteiger partial charge in [0, 0.05) is 146 Å². The zero-order valence-electron chi connectivity index (χ0n) is 79.6. The fraction of sp³-hybridized carbons (Fsp3) is 0.443. The molecule has 0 saturated heterocycles. The number of amides is 2. The van der Waals surface area contributed by atoms with Crippen LogP contribution in [0.1, 0.15) is 237 Å². The number of hydrogen-bond acceptors (Lipinski definition) is 28. The Labute approximate surface area is 803 Å².